The quantitative estimate of drug-likeness (QED) is 0.888. The van der Waals surface area contributed by atoms with Crippen molar-refractivity contribution in [3.05, 3.63) is 53.8 Å². The number of hydrogen-bond donors (Lipinski definition) is 2. The van der Waals surface area contributed by atoms with Crippen LogP contribution < -0.4 is 15.8 Å². The molecule has 0 unspecified atom stereocenters. The topological polar surface area (TPSA) is 64.3 Å². The predicted molar refractivity (Wildman–Crippen MR) is 71.0 cm³/mol. The standard InChI is InChI=1S/C14H13FN2O2/c1-17-9-5-7-10(8-6-9)19-12-4-2-3-11(15)13(12)14(16)18/h2-8,17H,1H3,(H2,16,18). The molecule has 2 aromatic rings. The van der Waals surface area contributed by atoms with Crippen molar-refractivity contribution >= 4 is 11.6 Å². The lowest BCUT2D eigenvalue weighted by molar-refractivity contribution is 0.0994. The van der Waals surface area contributed by atoms with Gasteiger partial charge in [0.25, 0.3) is 5.91 Å². The minimum atomic E-state index is -0.861. The van der Waals surface area contributed by atoms with Crippen LogP contribution >= 0.6 is 0 Å². The maximum Gasteiger partial charge on any atom is 0.255 e. The summed E-state index contributed by atoms with van der Waals surface area (Å²) in [6.45, 7) is 0. The van der Waals surface area contributed by atoms with E-state index in [0.717, 1.165) is 11.8 Å². The number of amides is 1. The maximum absolute atomic E-state index is 13.5. The molecule has 19 heavy (non-hydrogen) atoms. The Labute approximate surface area is 110 Å². The van der Waals surface area contributed by atoms with Crippen LogP contribution in [0, 0.1) is 5.82 Å². The summed E-state index contributed by atoms with van der Waals surface area (Å²) in [7, 11) is 1.80. The number of nitrogens with two attached hydrogens (primary N) is 1. The van der Waals surface area contributed by atoms with Gasteiger partial charge in [0.1, 0.15) is 22.9 Å². The molecular weight excluding hydrogens is 247 g/mol. The average molecular weight is 260 g/mol. The fraction of sp³-hybridized carbons (Fsp3) is 0.0714. The van der Waals surface area contributed by atoms with Gasteiger partial charge in [-0.25, -0.2) is 4.39 Å². The van der Waals surface area contributed by atoms with Gasteiger partial charge < -0.3 is 15.8 Å². The summed E-state index contributed by atoms with van der Waals surface area (Å²) >= 11 is 0. The Morgan fingerprint density at radius 2 is 1.89 bits per heavy atom. The molecule has 2 aromatic carbocycles. The second-order valence-corrected chi connectivity index (χ2v) is 3.85. The van der Waals surface area contributed by atoms with Crippen LogP contribution in [0.15, 0.2) is 42.5 Å². The third-order valence-corrected chi connectivity index (χ3v) is 2.59. The first-order valence-electron chi connectivity index (χ1n) is 5.66. The highest BCUT2D eigenvalue weighted by Crippen LogP contribution is 2.27. The minimum absolute atomic E-state index is 0.102. The van der Waals surface area contributed by atoms with Crippen molar-refractivity contribution in [3.63, 3.8) is 0 Å². The van der Waals surface area contributed by atoms with Gasteiger partial charge in [-0.2, -0.15) is 0 Å². The van der Waals surface area contributed by atoms with Gasteiger partial charge >= 0.3 is 0 Å². The number of primary amides is 1. The lowest BCUT2D eigenvalue weighted by Gasteiger charge is -2.10. The van der Waals surface area contributed by atoms with Crippen LogP contribution in [0.2, 0.25) is 0 Å². The molecule has 4 nitrogen and oxygen atoms in total. The fourth-order valence-corrected chi connectivity index (χ4v) is 1.65. The molecule has 2 rings (SSSR count). The number of nitrogens with one attached hydrogen (secondary N) is 1. The summed E-state index contributed by atoms with van der Waals surface area (Å²) in [4.78, 5) is 11.2. The normalized spacial score (nSPS) is 10.0. The summed E-state index contributed by atoms with van der Waals surface area (Å²) in [5, 5.41) is 2.97. The Hall–Kier alpha value is -2.56. The molecule has 0 bridgehead atoms. The van der Waals surface area contributed by atoms with E-state index in [9.17, 15) is 9.18 Å². The number of hydrogen-bond acceptors (Lipinski definition) is 3. The van der Waals surface area contributed by atoms with Gasteiger partial charge in [0.15, 0.2) is 0 Å². The number of benzene rings is 2. The Morgan fingerprint density at radius 1 is 1.21 bits per heavy atom. The molecule has 0 aromatic heterocycles. The molecule has 5 heteroatoms. The number of carbonyl (C=O) groups excluding carboxylic acids is 1. The first-order valence-corrected chi connectivity index (χ1v) is 5.66. The van der Waals surface area contributed by atoms with Crippen LogP contribution in [0.25, 0.3) is 0 Å². The highest BCUT2D eigenvalue weighted by Gasteiger charge is 2.15. The van der Waals surface area contributed by atoms with Crippen molar-refractivity contribution in [2.45, 2.75) is 0 Å². The van der Waals surface area contributed by atoms with Crippen molar-refractivity contribution in [2.24, 2.45) is 5.73 Å². The van der Waals surface area contributed by atoms with Crippen molar-refractivity contribution < 1.29 is 13.9 Å². The third kappa shape index (κ3) is 2.82. The van der Waals surface area contributed by atoms with Gasteiger partial charge in [-0.1, -0.05) is 6.07 Å². The molecule has 0 radical (unpaired) electrons. The van der Waals surface area contributed by atoms with Crippen molar-refractivity contribution in [1.82, 2.24) is 0 Å². The molecule has 0 aliphatic rings. The van der Waals surface area contributed by atoms with Gasteiger partial charge in [0.05, 0.1) is 0 Å². The van der Waals surface area contributed by atoms with E-state index in [1.54, 1.807) is 31.3 Å². The lowest BCUT2D eigenvalue weighted by atomic mass is 10.2. The monoisotopic (exact) mass is 260 g/mol. The average Bonchev–Trinajstić information content (AvgIpc) is 2.39. The van der Waals surface area contributed by atoms with E-state index in [0.29, 0.717) is 5.75 Å². The zero-order chi connectivity index (χ0) is 13.8. The molecule has 0 spiro atoms. The van der Waals surface area contributed by atoms with E-state index in [4.69, 9.17) is 10.5 Å². The van der Waals surface area contributed by atoms with Crippen molar-refractivity contribution in [2.75, 3.05) is 12.4 Å². The van der Waals surface area contributed by atoms with Crippen LogP contribution in [0.3, 0.4) is 0 Å². The van der Waals surface area contributed by atoms with Gasteiger partial charge in [-0.05, 0) is 36.4 Å². The number of anilines is 1. The molecule has 0 saturated heterocycles. The van der Waals surface area contributed by atoms with Crippen molar-refractivity contribution in [3.8, 4) is 11.5 Å². The highest BCUT2D eigenvalue weighted by molar-refractivity contribution is 5.96. The van der Waals surface area contributed by atoms with Crippen LogP contribution in [-0.2, 0) is 0 Å². The molecule has 1 amide bonds. The van der Waals surface area contributed by atoms with Crippen LogP contribution in [-0.4, -0.2) is 13.0 Å². The zero-order valence-corrected chi connectivity index (χ0v) is 10.3. The Bertz CT molecular complexity index is 597. The number of rotatable bonds is 4. The second kappa shape index (κ2) is 5.39. The lowest BCUT2D eigenvalue weighted by Crippen LogP contribution is -2.14. The van der Waals surface area contributed by atoms with Crippen LogP contribution in [0.5, 0.6) is 11.5 Å². The number of ether oxygens (including phenoxy) is 1. The van der Waals surface area contributed by atoms with Gasteiger partial charge in [0.2, 0.25) is 0 Å². The maximum atomic E-state index is 13.5. The summed E-state index contributed by atoms with van der Waals surface area (Å²) < 4.78 is 19.0. The fourth-order valence-electron chi connectivity index (χ4n) is 1.65. The second-order valence-electron chi connectivity index (χ2n) is 3.85. The van der Waals surface area contributed by atoms with E-state index in [1.165, 1.54) is 12.1 Å². The van der Waals surface area contributed by atoms with Gasteiger partial charge in [-0.15, -0.1) is 0 Å². The number of carbonyl (C=O) groups is 1. The smallest absolute Gasteiger partial charge is 0.255 e. The molecule has 0 atom stereocenters. The molecule has 0 aliphatic carbocycles. The summed E-state index contributed by atoms with van der Waals surface area (Å²) in [5.41, 5.74) is 5.81. The summed E-state index contributed by atoms with van der Waals surface area (Å²) in [6, 6.07) is 11.1. The predicted octanol–water partition coefficient (Wildman–Crippen LogP) is 2.76. The van der Waals surface area contributed by atoms with Crippen LogP contribution in [0.4, 0.5) is 10.1 Å². The molecule has 3 N–H and O–H groups in total. The Morgan fingerprint density at radius 3 is 2.47 bits per heavy atom. The third-order valence-electron chi connectivity index (χ3n) is 2.59. The Kier molecular flexibility index (Phi) is 3.66. The van der Waals surface area contributed by atoms with E-state index < -0.39 is 11.7 Å². The molecule has 0 saturated carbocycles. The molecule has 0 heterocycles. The largest absolute Gasteiger partial charge is 0.456 e. The molecular formula is C14H13FN2O2. The van der Waals surface area contributed by atoms with Gasteiger partial charge in [-0.3, -0.25) is 4.79 Å². The minimum Gasteiger partial charge on any atom is -0.456 e. The molecule has 0 fully saturated rings. The SMILES string of the molecule is CNc1ccc(Oc2cccc(F)c2C(N)=O)cc1. The van der Waals surface area contributed by atoms with Crippen molar-refractivity contribution in [1.29, 1.82) is 0 Å². The van der Waals surface area contributed by atoms with E-state index in [1.807, 2.05) is 0 Å². The number of halogens is 1. The molecule has 0 aliphatic heterocycles. The van der Waals surface area contributed by atoms with Gasteiger partial charge in [0, 0.05) is 12.7 Å². The first-order chi connectivity index (χ1) is 9.11. The molecule has 98 valence electrons. The Balaban J connectivity index is 2.32. The first kappa shape index (κ1) is 12.9. The van der Waals surface area contributed by atoms with E-state index in [2.05, 4.69) is 5.32 Å². The van der Waals surface area contributed by atoms with E-state index in [-0.39, 0.29) is 11.3 Å². The van der Waals surface area contributed by atoms with Crippen LogP contribution in [0.1, 0.15) is 10.4 Å². The highest BCUT2D eigenvalue weighted by atomic mass is 19.1. The summed E-state index contributed by atoms with van der Waals surface area (Å²) in [5.74, 6) is -0.964. The summed E-state index contributed by atoms with van der Waals surface area (Å²) in [6.07, 6.45) is 0. The zero-order valence-electron chi connectivity index (χ0n) is 10.3. The van der Waals surface area contributed by atoms with E-state index >= 15 is 0 Å².